The molecule has 0 saturated heterocycles. The molecule has 0 heterocycles. The number of hydrogen-bond acceptors (Lipinski definition) is 4. The molecule has 0 radical (unpaired) electrons. The number of anilines is 1. The first kappa shape index (κ1) is 16.6. The molecule has 8 heteroatoms. The van der Waals surface area contributed by atoms with Gasteiger partial charge < -0.3 is 9.64 Å². The number of amides is 1. The zero-order chi connectivity index (χ0) is 15.5. The van der Waals surface area contributed by atoms with Crippen molar-refractivity contribution in [2.75, 3.05) is 38.3 Å². The second-order valence-electron chi connectivity index (χ2n) is 4.37. The van der Waals surface area contributed by atoms with Crippen LogP contribution in [0.25, 0.3) is 0 Å². The smallest absolute Gasteiger partial charge is 0.242 e. The Labute approximate surface area is 123 Å². The number of rotatable bonds is 5. The molecule has 0 aromatic heterocycles. The first-order valence-corrected chi connectivity index (χ1v) is 7.91. The lowest BCUT2D eigenvalue weighted by atomic mass is 10.3. The largest absolute Gasteiger partial charge is 0.495 e. The highest BCUT2D eigenvalue weighted by molar-refractivity contribution is 7.92. The van der Waals surface area contributed by atoms with Crippen molar-refractivity contribution in [2.45, 2.75) is 0 Å². The van der Waals surface area contributed by atoms with Gasteiger partial charge in [-0.05, 0) is 18.2 Å². The average molecular weight is 321 g/mol. The number of nitrogens with zero attached hydrogens (tertiary/aromatic N) is 2. The maximum atomic E-state index is 11.9. The van der Waals surface area contributed by atoms with Crippen molar-refractivity contribution in [2.24, 2.45) is 0 Å². The van der Waals surface area contributed by atoms with Crippen LogP contribution in [0.1, 0.15) is 0 Å². The maximum Gasteiger partial charge on any atom is 0.242 e. The molecule has 0 aliphatic carbocycles. The molecule has 6 nitrogen and oxygen atoms in total. The molecular weight excluding hydrogens is 304 g/mol. The minimum atomic E-state index is -3.65. The summed E-state index contributed by atoms with van der Waals surface area (Å²) >= 11 is 5.89. The molecule has 0 aliphatic heterocycles. The van der Waals surface area contributed by atoms with Gasteiger partial charge in [-0.25, -0.2) is 8.42 Å². The maximum absolute atomic E-state index is 11.9. The van der Waals surface area contributed by atoms with E-state index in [1.807, 2.05) is 0 Å². The lowest BCUT2D eigenvalue weighted by Crippen LogP contribution is -2.40. The standard InChI is InChI=1S/C12H17ClN2O4S/c1-14(2)12(16)8-15(20(4,17)18)10-7-9(13)5-6-11(10)19-3/h5-7H,8H2,1-4H3. The molecule has 0 fully saturated rings. The first-order valence-electron chi connectivity index (χ1n) is 5.68. The fourth-order valence-corrected chi connectivity index (χ4v) is 2.51. The summed E-state index contributed by atoms with van der Waals surface area (Å²) in [6.45, 7) is -0.317. The fourth-order valence-electron chi connectivity index (χ4n) is 1.50. The third-order valence-electron chi connectivity index (χ3n) is 2.59. The number of methoxy groups -OCH3 is 1. The Morgan fingerprint density at radius 1 is 1.35 bits per heavy atom. The van der Waals surface area contributed by atoms with Crippen molar-refractivity contribution in [3.05, 3.63) is 23.2 Å². The Morgan fingerprint density at radius 2 is 1.95 bits per heavy atom. The van der Waals surface area contributed by atoms with Gasteiger partial charge in [0.05, 0.1) is 19.1 Å². The molecule has 0 atom stereocenters. The number of carbonyl (C=O) groups excluding carboxylic acids is 1. The minimum Gasteiger partial charge on any atom is -0.495 e. The molecule has 1 aromatic rings. The van der Waals surface area contributed by atoms with Gasteiger partial charge in [-0.3, -0.25) is 9.10 Å². The third-order valence-corrected chi connectivity index (χ3v) is 3.95. The van der Waals surface area contributed by atoms with Crippen molar-refractivity contribution < 1.29 is 17.9 Å². The number of hydrogen-bond donors (Lipinski definition) is 0. The Bertz CT molecular complexity index is 601. The van der Waals surface area contributed by atoms with Crippen LogP contribution >= 0.6 is 11.6 Å². The Kier molecular flexibility index (Phi) is 5.24. The van der Waals surface area contributed by atoms with Crippen molar-refractivity contribution in [1.82, 2.24) is 4.90 Å². The van der Waals surface area contributed by atoms with Crippen LogP contribution in [-0.4, -0.2) is 53.2 Å². The van der Waals surface area contributed by atoms with Crippen molar-refractivity contribution in [1.29, 1.82) is 0 Å². The summed E-state index contributed by atoms with van der Waals surface area (Å²) in [6.07, 6.45) is 1.02. The van der Waals surface area contributed by atoms with Crippen LogP contribution in [0.5, 0.6) is 5.75 Å². The number of carbonyl (C=O) groups is 1. The molecular formula is C12H17ClN2O4S. The van der Waals surface area contributed by atoms with Gasteiger partial charge in [0.25, 0.3) is 0 Å². The molecule has 112 valence electrons. The molecule has 0 bridgehead atoms. The number of likely N-dealkylation sites (N-methyl/N-ethyl adjacent to an activating group) is 1. The quantitative estimate of drug-likeness (QED) is 0.817. The SMILES string of the molecule is COc1ccc(Cl)cc1N(CC(=O)N(C)C)S(C)(=O)=O. The van der Waals surface area contributed by atoms with Gasteiger partial charge >= 0.3 is 0 Å². The number of halogens is 1. The molecule has 1 amide bonds. The summed E-state index contributed by atoms with van der Waals surface area (Å²) in [5.41, 5.74) is 0.234. The lowest BCUT2D eigenvalue weighted by molar-refractivity contribution is -0.127. The van der Waals surface area contributed by atoms with Crippen LogP contribution in [0.3, 0.4) is 0 Å². The average Bonchev–Trinajstić information content (AvgIpc) is 2.33. The molecule has 0 N–H and O–H groups in total. The summed E-state index contributed by atoms with van der Waals surface area (Å²) in [5.74, 6) is -0.0242. The Balaban J connectivity index is 3.32. The molecule has 1 aromatic carbocycles. The lowest BCUT2D eigenvalue weighted by Gasteiger charge is -2.25. The predicted octanol–water partition coefficient (Wildman–Crippen LogP) is 1.20. The van der Waals surface area contributed by atoms with E-state index in [2.05, 4.69) is 0 Å². The summed E-state index contributed by atoms with van der Waals surface area (Å²) in [7, 11) is 0.876. The highest BCUT2D eigenvalue weighted by Gasteiger charge is 2.24. The van der Waals surface area contributed by atoms with Crippen molar-refractivity contribution in [3.8, 4) is 5.75 Å². The highest BCUT2D eigenvalue weighted by Crippen LogP contribution is 2.32. The molecule has 1 rings (SSSR count). The Hall–Kier alpha value is -1.47. The van der Waals surface area contributed by atoms with Gasteiger partial charge in [0.15, 0.2) is 0 Å². The molecule has 0 spiro atoms. The molecule has 20 heavy (non-hydrogen) atoms. The zero-order valence-corrected chi connectivity index (χ0v) is 13.3. The first-order chi connectivity index (χ1) is 9.16. The summed E-state index contributed by atoms with van der Waals surface area (Å²) in [5, 5.41) is 0.353. The van der Waals surface area contributed by atoms with E-state index < -0.39 is 10.0 Å². The fraction of sp³-hybridized carbons (Fsp3) is 0.417. The van der Waals surface area contributed by atoms with Crippen molar-refractivity contribution in [3.63, 3.8) is 0 Å². The monoisotopic (exact) mass is 320 g/mol. The van der Waals surface area contributed by atoms with Crippen LogP contribution in [0.2, 0.25) is 5.02 Å². The van der Waals surface area contributed by atoms with Gasteiger partial charge in [-0.1, -0.05) is 11.6 Å². The van der Waals surface area contributed by atoms with E-state index in [0.717, 1.165) is 10.6 Å². The van der Waals surface area contributed by atoms with Crippen molar-refractivity contribution >= 4 is 33.2 Å². The van der Waals surface area contributed by atoms with Gasteiger partial charge in [0.2, 0.25) is 15.9 Å². The van der Waals surface area contributed by atoms with E-state index in [0.29, 0.717) is 10.8 Å². The minimum absolute atomic E-state index is 0.234. The molecule has 0 unspecified atom stereocenters. The van der Waals surface area contributed by atoms with E-state index in [1.54, 1.807) is 26.2 Å². The van der Waals surface area contributed by atoms with Crippen LogP contribution < -0.4 is 9.04 Å². The van der Waals surface area contributed by atoms with E-state index in [9.17, 15) is 13.2 Å². The van der Waals surface area contributed by atoms with E-state index >= 15 is 0 Å². The molecule has 0 saturated carbocycles. The number of sulfonamides is 1. The van der Waals surface area contributed by atoms with Crippen LogP contribution in [0, 0.1) is 0 Å². The normalized spacial score (nSPS) is 11.1. The number of benzene rings is 1. The summed E-state index contributed by atoms with van der Waals surface area (Å²) in [6, 6.07) is 4.58. The van der Waals surface area contributed by atoms with Gasteiger partial charge in [0.1, 0.15) is 12.3 Å². The van der Waals surface area contributed by atoms with Gasteiger partial charge in [-0.15, -0.1) is 0 Å². The van der Waals surface area contributed by atoms with Gasteiger partial charge in [0, 0.05) is 19.1 Å². The zero-order valence-electron chi connectivity index (χ0n) is 11.8. The van der Waals surface area contributed by atoms with Gasteiger partial charge in [-0.2, -0.15) is 0 Å². The molecule has 0 aliphatic rings. The second kappa shape index (κ2) is 6.32. The third kappa shape index (κ3) is 4.01. The number of ether oxygens (including phenoxy) is 1. The van der Waals surface area contributed by atoms with Crippen LogP contribution in [-0.2, 0) is 14.8 Å². The Morgan fingerprint density at radius 3 is 2.40 bits per heavy atom. The summed E-state index contributed by atoms with van der Waals surface area (Å²) < 4.78 is 30.0. The predicted molar refractivity (Wildman–Crippen MR) is 78.9 cm³/mol. The van der Waals surface area contributed by atoms with E-state index in [1.165, 1.54) is 18.1 Å². The summed E-state index contributed by atoms with van der Waals surface area (Å²) in [4.78, 5) is 13.1. The van der Waals surface area contributed by atoms with Crippen LogP contribution in [0.4, 0.5) is 5.69 Å². The van der Waals surface area contributed by atoms with E-state index in [-0.39, 0.29) is 18.1 Å². The van der Waals surface area contributed by atoms with Crippen LogP contribution in [0.15, 0.2) is 18.2 Å². The van der Waals surface area contributed by atoms with E-state index in [4.69, 9.17) is 16.3 Å². The highest BCUT2D eigenvalue weighted by atomic mass is 35.5. The topological polar surface area (TPSA) is 66.9 Å². The second-order valence-corrected chi connectivity index (χ2v) is 6.72.